The molecule has 0 aromatic heterocycles. The lowest BCUT2D eigenvalue weighted by molar-refractivity contribution is -0.132. The molecule has 0 bridgehead atoms. The molecule has 0 spiro atoms. The average Bonchev–Trinajstić information content (AvgIpc) is 2.63. The lowest BCUT2D eigenvalue weighted by atomic mass is 10.1. The fourth-order valence-corrected chi connectivity index (χ4v) is 2.31. The van der Waals surface area contributed by atoms with E-state index in [0.717, 1.165) is 19.3 Å². The molecule has 0 saturated carbocycles. The maximum absolute atomic E-state index is 12.2. The van der Waals surface area contributed by atoms with Crippen LogP contribution in [-0.2, 0) is 14.3 Å². The lowest BCUT2D eigenvalue weighted by Gasteiger charge is -2.25. The molecule has 1 rings (SSSR count). The number of nitrogens with one attached hydrogen (secondary N) is 1. The van der Waals surface area contributed by atoms with Crippen molar-refractivity contribution in [2.75, 3.05) is 27.4 Å². The Morgan fingerprint density at radius 2 is 2.17 bits per heavy atom. The molecule has 0 aromatic rings. The molecule has 0 aliphatic carbocycles. The molecule has 1 aliphatic rings. The number of carbonyl (C=O) groups is 1. The van der Waals surface area contributed by atoms with Gasteiger partial charge in [0.2, 0.25) is 5.91 Å². The van der Waals surface area contributed by atoms with Crippen LogP contribution in [0.1, 0.15) is 33.1 Å². The van der Waals surface area contributed by atoms with Crippen molar-refractivity contribution >= 4 is 5.91 Å². The van der Waals surface area contributed by atoms with E-state index in [-0.39, 0.29) is 24.2 Å². The third-order valence-electron chi connectivity index (χ3n) is 3.42. The van der Waals surface area contributed by atoms with Gasteiger partial charge in [-0.15, -0.1) is 0 Å². The molecule has 1 saturated heterocycles. The van der Waals surface area contributed by atoms with Crippen LogP contribution in [0.15, 0.2) is 0 Å². The molecule has 5 nitrogen and oxygen atoms in total. The van der Waals surface area contributed by atoms with E-state index < -0.39 is 0 Å². The fraction of sp³-hybridized carbons (Fsp3) is 0.923. The number of hydrogen-bond acceptors (Lipinski definition) is 4. The Morgan fingerprint density at radius 3 is 2.72 bits per heavy atom. The Labute approximate surface area is 110 Å². The molecule has 3 unspecified atom stereocenters. The summed E-state index contributed by atoms with van der Waals surface area (Å²) in [4.78, 5) is 14.1. The maximum Gasteiger partial charge on any atom is 0.241 e. The predicted octanol–water partition coefficient (Wildman–Crippen LogP) is 0.984. The van der Waals surface area contributed by atoms with E-state index in [1.807, 2.05) is 11.8 Å². The monoisotopic (exact) mass is 258 g/mol. The molecule has 5 heteroatoms. The predicted molar refractivity (Wildman–Crippen MR) is 70.3 cm³/mol. The number of nitrogens with zero attached hydrogens (tertiary/aromatic N) is 1. The fourth-order valence-electron chi connectivity index (χ4n) is 2.31. The Balaban J connectivity index is 2.52. The summed E-state index contributed by atoms with van der Waals surface area (Å²) in [5.74, 6) is 0.189. The average molecular weight is 258 g/mol. The lowest BCUT2D eigenvalue weighted by Crippen LogP contribution is -2.42. The zero-order valence-electron chi connectivity index (χ0n) is 11.9. The van der Waals surface area contributed by atoms with Crippen LogP contribution in [0.4, 0.5) is 0 Å². The van der Waals surface area contributed by atoms with Gasteiger partial charge in [0, 0.05) is 14.2 Å². The number of ether oxygens (including phenoxy) is 2. The Bertz CT molecular complexity index is 261. The van der Waals surface area contributed by atoms with Crippen molar-refractivity contribution in [1.82, 2.24) is 10.2 Å². The van der Waals surface area contributed by atoms with Gasteiger partial charge in [-0.2, -0.15) is 0 Å². The number of amides is 1. The summed E-state index contributed by atoms with van der Waals surface area (Å²) in [5, 5.41) is 3.34. The van der Waals surface area contributed by atoms with Crippen LogP contribution in [0.3, 0.4) is 0 Å². The van der Waals surface area contributed by atoms with Crippen LogP contribution in [-0.4, -0.2) is 56.5 Å². The van der Waals surface area contributed by atoms with E-state index in [2.05, 4.69) is 12.2 Å². The highest BCUT2D eigenvalue weighted by molar-refractivity contribution is 5.84. The van der Waals surface area contributed by atoms with E-state index in [0.29, 0.717) is 13.2 Å². The van der Waals surface area contributed by atoms with Crippen molar-refractivity contribution < 1.29 is 14.3 Å². The molecule has 106 valence electrons. The third-order valence-corrected chi connectivity index (χ3v) is 3.42. The first kappa shape index (κ1) is 15.4. The van der Waals surface area contributed by atoms with Gasteiger partial charge >= 0.3 is 0 Å². The highest BCUT2D eigenvalue weighted by atomic mass is 16.5. The van der Waals surface area contributed by atoms with E-state index in [1.54, 1.807) is 14.2 Å². The van der Waals surface area contributed by atoms with Crippen molar-refractivity contribution in [1.29, 1.82) is 0 Å². The van der Waals surface area contributed by atoms with E-state index >= 15 is 0 Å². The third kappa shape index (κ3) is 3.93. The Kier molecular flexibility index (Phi) is 6.60. The van der Waals surface area contributed by atoms with Crippen molar-refractivity contribution in [3.63, 3.8) is 0 Å². The van der Waals surface area contributed by atoms with Gasteiger partial charge in [-0.25, -0.2) is 0 Å². The molecular formula is C13H26N2O3. The minimum Gasteiger partial charge on any atom is -0.382 e. The van der Waals surface area contributed by atoms with Gasteiger partial charge in [0.25, 0.3) is 0 Å². The van der Waals surface area contributed by atoms with Gasteiger partial charge in [-0.05, 0) is 13.3 Å². The zero-order chi connectivity index (χ0) is 13.5. The van der Waals surface area contributed by atoms with Crippen molar-refractivity contribution in [3.8, 4) is 0 Å². The van der Waals surface area contributed by atoms with Crippen molar-refractivity contribution in [2.45, 2.75) is 51.4 Å². The van der Waals surface area contributed by atoms with E-state index in [4.69, 9.17) is 9.47 Å². The summed E-state index contributed by atoms with van der Waals surface area (Å²) in [6.07, 6.45) is 3.12. The number of hydrogen-bond donors (Lipinski definition) is 1. The van der Waals surface area contributed by atoms with Gasteiger partial charge in [0.05, 0.1) is 31.5 Å². The Hall–Kier alpha value is -0.650. The van der Waals surface area contributed by atoms with Gasteiger partial charge in [-0.3, -0.25) is 10.1 Å². The number of rotatable bonds is 8. The van der Waals surface area contributed by atoms with Gasteiger partial charge < -0.3 is 14.4 Å². The van der Waals surface area contributed by atoms with Crippen LogP contribution in [0.2, 0.25) is 0 Å². The summed E-state index contributed by atoms with van der Waals surface area (Å²) in [5.41, 5.74) is 0. The summed E-state index contributed by atoms with van der Waals surface area (Å²) in [6, 6.07) is -0.0278. The number of unbranched alkanes of at least 4 members (excludes halogenated alkanes) is 1. The molecular weight excluding hydrogens is 232 g/mol. The normalized spacial score (nSPS) is 25.8. The van der Waals surface area contributed by atoms with Crippen LogP contribution in [0, 0.1) is 0 Å². The first-order chi connectivity index (χ1) is 8.63. The standard InChI is InChI=1S/C13H26N2O3/c1-5-6-7-12-13(16)15(10(2)14-12)8-11(18-4)9-17-3/h10-12,14H,5-9H2,1-4H3. The van der Waals surface area contributed by atoms with Gasteiger partial charge in [-0.1, -0.05) is 19.8 Å². The molecule has 1 N–H and O–H groups in total. The molecule has 3 atom stereocenters. The Morgan fingerprint density at radius 1 is 1.44 bits per heavy atom. The summed E-state index contributed by atoms with van der Waals surface area (Å²) in [7, 11) is 3.29. The zero-order valence-corrected chi connectivity index (χ0v) is 11.9. The second-order valence-corrected chi connectivity index (χ2v) is 4.84. The molecule has 0 aromatic carbocycles. The highest BCUT2D eigenvalue weighted by Gasteiger charge is 2.36. The molecule has 0 radical (unpaired) electrons. The maximum atomic E-state index is 12.2. The number of methoxy groups -OCH3 is 2. The largest absolute Gasteiger partial charge is 0.382 e. The topological polar surface area (TPSA) is 50.8 Å². The van der Waals surface area contributed by atoms with E-state index in [1.165, 1.54) is 0 Å². The minimum absolute atomic E-state index is 0.0278. The second kappa shape index (κ2) is 7.71. The SMILES string of the molecule is CCCCC1NC(C)N(CC(COC)OC)C1=O. The second-order valence-electron chi connectivity index (χ2n) is 4.84. The molecule has 1 fully saturated rings. The van der Waals surface area contributed by atoms with Crippen molar-refractivity contribution in [2.24, 2.45) is 0 Å². The van der Waals surface area contributed by atoms with Crippen LogP contribution in [0.25, 0.3) is 0 Å². The first-order valence-corrected chi connectivity index (χ1v) is 6.72. The minimum atomic E-state index is -0.0619. The van der Waals surface area contributed by atoms with Crippen molar-refractivity contribution in [3.05, 3.63) is 0 Å². The van der Waals surface area contributed by atoms with Gasteiger partial charge in [0.1, 0.15) is 0 Å². The molecule has 1 heterocycles. The van der Waals surface area contributed by atoms with Crippen LogP contribution >= 0.6 is 0 Å². The first-order valence-electron chi connectivity index (χ1n) is 6.72. The highest BCUT2D eigenvalue weighted by Crippen LogP contribution is 2.16. The van der Waals surface area contributed by atoms with E-state index in [9.17, 15) is 4.79 Å². The molecule has 1 aliphatic heterocycles. The molecule has 18 heavy (non-hydrogen) atoms. The molecule has 1 amide bonds. The number of carbonyl (C=O) groups excluding carboxylic acids is 1. The smallest absolute Gasteiger partial charge is 0.241 e. The quantitative estimate of drug-likeness (QED) is 0.705. The summed E-state index contributed by atoms with van der Waals surface area (Å²) in [6.45, 7) is 5.25. The van der Waals surface area contributed by atoms with Gasteiger partial charge in [0.15, 0.2) is 0 Å². The summed E-state index contributed by atoms with van der Waals surface area (Å²) >= 11 is 0. The van der Waals surface area contributed by atoms with Crippen LogP contribution in [0.5, 0.6) is 0 Å². The van der Waals surface area contributed by atoms with Crippen LogP contribution < -0.4 is 5.32 Å². The summed E-state index contributed by atoms with van der Waals surface area (Å²) < 4.78 is 10.4.